The van der Waals surface area contributed by atoms with Gasteiger partial charge in [0.05, 0.1) is 5.60 Å². The van der Waals surface area contributed by atoms with E-state index in [1.54, 1.807) is 0 Å². The first-order valence-electron chi connectivity index (χ1n) is 7.53. The minimum absolute atomic E-state index is 0.559. The van der Waals surface area contributed by atoms with Crippen LogP contribution in [-0.2, 0) is 6.54 Å². The van der Waals surface area contributed by atoms with Crippen molar-refractivity contribution in [3.05, 3.63) is 28.2 Å². The van der Waals surface area contributed by atoms with Gasteiger partial charge in [-0.05, 0) is 50.3 Å². The second-order valence-corrected chi connectivity index (χ2v) is 7.31. The van der Waals surface area contributed by atoms with Crippen LogP contribution in [0.2, 0.25) is 0 Å². The summed E-state index contributed by atoms with van der Waals surface area (Å²) in [5.41, 5.74) is 1.95. The number of nitrogens with zero attached hydrogens (tertiary/aromatic N) is 1. The summed E-state index contributed by atoms with van der Waals surface area (Å²) < 4.78 is 1.16. The van der Waals surface area contributed by atoms with E-state index in [-0.39, 0.29) is 0 Å². The maximum atomic E-state index is 10.2. The molecule has 4 heteroatoms. The van der Waals surface area contributed by atoms with Gasteiger partial charge in [-0.2, -0.15) is 0 Å². The third-order valence-corrected chi connectivity index (χ3v) is 4.97. The summed E-state index contributed by atoms with van der Waals surface area (Å²) in [6.07, 6.45) is 4.58. The number of benzene rings is 1. The van der Waals surface area contributed by atoms with Crippen LogP contribution in [-0.4, -0.2) is 29.8 Å². The SMILES string of the molecule is CC1(O)CCCN(c2ccc(CNC3CC3)c(Br)c2)C1. The third kappa shape index (κ3) is 3.54. The predicted molar refractivity (Wildman–Crippen MR) is 86.1 cm³/mol. The topological polar surface area (TPSA) is 35.5 Å². The highest BCUT2D eigenvalue weighted by molar-refractivity contribution is 9.10. The first kappa shape index (κ1) is 14.4. The van der Waals surface area contributed by atoms with Gasteiger partial charge in [0.15, 0.2) is 0 Å². The highest BCUT2D eigenvalue weighted by Crippen LogP contribution is 2.29. The lowest BCUT2D eigenvalue weighted by molar-refractivity contribution is 0.0449. The lowest BCUT2D eigenvalue weighted by Gasteiger charge is -2.38. The minimum atomic E-state index is -0.559. The Morgan fingerprint density at radius 3 is 2.90 bits per heavy atom. The molecule has 1 saturated carbocycles. The van der Waals surface area contributed by atoms with E-state index in [4.69, 9.17) is 0 Å². The van der Waals surface area contributed by atoms with Crippen molar-refractivity contribution in [2.45, 2.75) is 50.8 Å². The van der Waals surface area contributed by atoms with Crippen LogP contribution in [0, 0.1) is 0 Å². The first-order valence-corrected chi connectivity index (χ1v) is 8.32. The zero-order chi connectivity index (χ0) is 14.2. The van der Waals surface area contributed by atoms with Gasteiger partial charge in [0.25, 0.3) is 0 Å². The Morgan fingerprint density at radius 2 is 2.25 bits per heavy atom. The van der Waals surface area contributed by atoms with Crippen LogP contribution >= 0.6 is 15.9 Å². The smallest absolute Gasteiger partial charge is 0.0794 e. The molecule has 2 N–H and O–H groups in total. The number of aliphatic hydroxyl groups is 1. The molecule has 3 nitrogen and oxygen atoms in total. The lowest BCUT2D eigenvalue weighted by Crippen LogP contribution is -2.46. The Hall–Kier alpha value is -0.580. The Bertz CT molecular complexity index is 485. The average molecular weight is 339 g/mol. The number of nitrogens with one attached hydrogen (secondary N) is 1. The van der Waals surface area contributed by atoms with Gasteiger partial charge in [-0.1, -0.05) is 22.0 Å². The van der Waals surface area contributed by atoms with Crippen molar-refractivity contribution in [1.29, 1.82) is 0 Å². The van der Waals surface area contributed by atoms with Crippen molar-refractivity contribution in [3.63, 3.8) is 0 Å². The zero-order valence-electron chi connectivity index (χ0n) is 12.0. The Morgan fingerprint density at radius 1 is 1.45 bits per heavy atom. The Kier molecular flexibility index (Phi) is 4.07. The summed E-state index contributed by atoms with van der Waals surface area (Å²) in [6.45, 7) is 4.62. The molecule has 0 aromatic heterocycles. The van der Waals surface area contributed by atoms with E-state index in [1.807, 2.05) is 6.92 Å². The molecule has 0 bridgehead atoms. The van der Waals surface area contributed by atoms with Crippen molar-refractivity contribution >= 4 is 21.6 Å². The van der Waals surface area contributed by atoms with Gasteiger partial charge < -0.3 is 15.3 Å². The van der Waals surface area contributed by atoms with E-state index in [9.17, 15) is 5.11 Å². The molecule has 0 amide bonds. The summed E-state index contributed by atoms with van der Waals surface area (Å²) >= 11 is 3.68. The molecule has 3 rings (SSSR count). The van der Waals surface area contributed by atoms with E-state index >= 15 is 0 Å². The molecule has 0 spiro atoms. The van der Waals surface area contributed by atoms with Crippen LogP contribution < -0.4 is 10.2 Å². The summed E-state index contributed by atoms with van der Waals surface area (Å²) in [5, 5.41) is 13.8. The number of halogens is 1. The number of piperidine rings is 1. The Balaban J connectivity index is 1.68. The molecule has 110 valence electrons. The fourth-order valence-corrected chi connectivity index (χ4v) is 3.37. The van der Waals surface area contributed by atoms with Gasteiger partial charge in [0.1, 0.15) is 0 Å². The molecule has 1 aromatic carbocycles. The van der Waals surface area contributed by atoms with Gasteiger partial charge in [-0.25, -0.2) is 0 Å². The fourth-order valence-electron chi connectivity index (χ4n) is 2.86. The van der Waals surface area contributed by atoms with E-state index in [1.165, 1.54) is 24.1 Å². The molecule has 1 unspecified atom stereocenters. The van der Waals surface area contributed by atoms with Crippen LogP contribution in [0.3, 0.4) is 0 Å². The summed E-state index contributed by atoms with van der Waals surface area (Å²) in [6, 6.07) is 7.29. The number of hydrogen-bond acceptors (Lipinski definition) is 3. The standard InChI is InChI=1S/C16H23BrN2O/c1-16(20)7-2-8-19(11-16)14-6-3-12(15(17)9-14)10-18-13-4-5-13/h3,6,9,13,18,20H,2,4-5,7-8,10-11H2,1H3. The van der Waals surface area contributed by atoms with Crippen molar-refractivity contribution in [2.75, 3.05) is 18.0 Å². The number of anilines is 1. The van der Waals surface area contributed by atoms with Gasteiger partial charge in [0, 0.05) is 35.8 Å². The first-order chi connectivity index (χ1) is 9.53. The van der Waals surface area contributed by atoms with Crippen molar-refractivity contribution in [3.8, 4) is 0 Å². The van der Waals surface area contributed by atoms with E-state index in [0.717, 1.165) is 43.0 Å². The molecule has 1 saturated heterocycles. The van der Waals surface area contributed by atoms with Gasteiger partial charge in [0.2, 0.25) is 0 Å². The maximum absolute atomic E-state index is 10.2. The summed E-state index contributed by atoms with van der Waals surface area (Å²) in [4.78, 5) is 2.28. The molecule has 0 radical (unpaired) electrons. The molecule has 1 aromatic rings. The zero-order valence-corrected chi connectivity index (χ0v) is 13.6. The molecule has 1 heterocycles. The second-order valence-electron chi connectivity index (χ2n) is 6.45. The number of β-amino-alcohol motifs (C(OH)–C–C–N with tert-alkyl or cyclic N) is 1. The van der Waals surface area contributed by atoms with Crippen molar-refractivity contribution < 1.29 is 5.11 Å². The molecule has 20 heavy (non-hydrogen) atoms. The minimum Gasteiger partial charge on any atom is -0.388 e. The van der Waals surface area contributed by atoms with Gasteiger partial charge in [-0.15, -0.1) is 0 Å². The van der Waals surface area contributed by atoms with E-state index < -0.39 is 5.60 Å². The molecule has 2 fully saturated rings. The maximum Gasteiger partial charge on any atom is 0.0794 e. The van der Waals surface area contributed by atoms with E-state index in [0.29, 0.717) is 0 Å². The average Bonchev–Trinajstić information content (AvgIpc) is 3.20. The van der Waals surface area contributed by atoms with Gasteiger partial charge in [-0.3, -0.25) is 0 Å². The lowest BCUT2D eigenvalue weighted by atomic mass is 9.94. The normalized spacial score (nSPS) is 26.9. The van der Waals surface area contributed by atoms with Crippen LogP contribution in [0.4, 0.5) is 5.69 Å². The molecule has 2 aliphatic rings. The van der Waals surface area contributed by atoms with Crippen molar-refractivity contribution in [1.82, 2.24) is 5.32 Å². The summed E-state index contributed by atoms with van der Waals surface area (Å²) in [5.74, 6) is 0. The summed E-state index contributed by atoms with van der Waals surface area (Å²) in [7, 11) is 0. The highest BCUT2D eigenvalue weighted by Gasteiger charge is 2.28. The number of rotatable bonds is 4. The van der Waals surface area contributed by atoms with Gasteiger partial charge >= 0.3 is 0 Å². The van der Waals surface area contributed by atoms with Crippen LogP contribution in [0.15, 0.2) is 22.7 Å². The fraction of sp³-hybridized carbons (Fsp3) is 0.625. The second kappa shape index (κ2) is 5.66. The highest BCUT2D eigenvalue weighted by atomic mass is 79.9. The molecular weight excluding hydrogens is 316 g/mol. The molecule has 1 aliphatic heterocycles. The largest absolute Gasteiger partial charge is 0.388 e. The molecule has 1 aliphatic carbocycles. The monoisotopic (exact) mass is 338 g/mol. The molecule has 1 atom stereocenters. The van der Waals surface area contributed by atoms with Crippen LogP contribution in [0.25, 0.3) is 0 Å². The number of hydrogen-bond donors (Lipinski definition) is 2. The molecular formula is C16H23BrN2O. The van der Waals surface area contributed by atoms with Crippen LogP contribution in [0.5, 0.6) is 0 Å². The third-order valence-electron chi connectivity index (χ3n) is 4.24. The predicted octanol–water partition coefficient (Wildman–Crippen LogP) is 3.05. The Labute approximate surface area is 129 Å². The van der Waals surface area contributed by atoms with Crippen LogP contribution in [0.1, 0.15) is 38.2 Å². The quantitative estimate of drug-likeness (QED) is 0.885. The van der Waals surface area contributed by atoms with E-state index in [2.05, 4.69) is 44.3 Å². The van der Waals surface area contributed by atoms with Crippen molar-refractivity contribution in [2.24, 2.45) is 0 Å².